The van der Waals surface area contributed by atoms with Crippen molar-refractivity contribution >= 4 is 18.6 Å². The van der Waals surface area contributed by atoms with Gasteiger partial charge in [-0.2, -0.15) is 12.6 Å². The van der Waals surface area contributed by atoms with E-state index in [1.807, 2.05) is 13.8 Å². The summed E-state index contributed by atoms with van der Waals surface area (Å²) in [5, 5.41) is 0. The van der Waals surface area contributed by atoms with E-state index >= 15 is 0 Å². The molecule has 1 fully saturated rings. The lowest BCUT2D eigenvalue weighted by Crippen LogP contribution is -2.26. The molecule has 4 nitrogen and oxygen atoms in total. The van der Waals surface area contributed by atoms with E-state index in [0.717, 1.165) is 13.2 Å². The molecule has 0 aromatic heterocycles. The molecule has 0 aliphatic carbocycles. The monoisotopic (exact) mass is 292 g/mol. The average Bonchev–Trinajstić information content (AvgIpc) is 2.45. The lowest BCUT2D eigenvalue weighted by molar-refractivity contribution is -0.151. The van der Waals surface area contributed by atoms with Gasteiger partial charge in [-0.1, -0.05) is 6.92 Å². The minimum atomic E-state index is -0.224. The summed E-state index contributed by atoms with van der Waals surface area (Å²) < 4.78 is 15.4. The highest BCUT2D eigenvalue weighted by molar-refractivity contribution is 7.80. The lowest BCUT2D eigenvalue weighted by Gasteiger charge is -2.16. The van der Waals surface area contributed by atoms with E-state index in [9.17, 15) is 4.79 Å². The molecule has 0 N–H and O–H groups in total. The highest BCUT2D eigenvalue weighted by Crippen LogP contribution is 2.02. The minimum absolute atomic E-state index is 0.155. The third-order valence-electron chi connectivity index (χ3n) is 2.48. The van der Waals surface area contributed by atoms with Crippen molar-refractivity contribution < 1.29 is 19.0 Å². The summed E-state index contributed by atoms with van der Waals surface area (Å²) in [6.07, 6.45) is 4.26. The highest BCUT2D eigenvalue weighted by Gasteiger charge is 2.12. The minimum Gasteiger partial charge on any atom is -0.459 e. The van der Waals surface area contributed by atoms with Gasteiger partial charge in [0.1, 0.15) is 6.10 Å². The molecule has 1 atom stereocenters. The Labute approximate surface area is 122 Å². The molecule has 1 rings (SSSR count). The van der Waals surface area contributed by atoms with Gasteiger partial charge < -0.3 is 14.2 Å². The van der Waals surface area contributed by atoms with Crippen LogP contribution in [0.25, 0.3) is 0 Å². The van der Waals surface area contributed by atoms with E-state index in [0.29, 0.717) is 18.8 Å². The normalized spacial score (nSPS) is 16.5. The molecule has 1 aliphatic heterocycles. The quantitative estimate of drug-likeness (QED) is 0.604. The van der Waals surface area contributed by atoms with E-state index in [1.165, 1.54) is 19.3 Å². The van der Waals surface area contributed by atoms with E-state index in [1.54, 1.807) is 6.92 Å². The molecule has 19 heavy (non-hydrogen) atoms. The van der Waals surface area contributed by atoms with Crippen LogP contribution in [0.2, 0.25) is 0 Å². The Hall–Kier alpha value is -0.260. The zero-order chi connectivity index (χ0) is 14.5. The second kappa shape index (κ2) is 12.8. The maximum atomic E-state index is 10.9. The lowest BCUT2D eigenvalue weighted by atomic mass is 10.2. The predicted molar refractivity (Wildman–Crippen MR) is 79.8 cm³/mol. The Bertz CT molecular complexity index is 206. The van der Waals surface area contributed by atoms with Crippen molar-refractivity contribution in [3.8, 4) is 0 Å². The zero-order valence-electron chi connectivity index (χ0n) is 12.4. The Balaban J connectivity index is 0.000000443. The van der Waals surface area contributed by atoms with Crippen molar-refractivity contribution in [1.29, 1.82) is 0 Å². The van der Waals surface area contributed by atoms with Gasteiger partial charge in [-0.25, -0.2) is 0 Å². The summed E-state index contributed by atoms with van der Waals surface area (Å²) in [5.41, 5.74) is 0. The number of hydrogen-bond acceptors (Lipinski definition) is 5. The van der Waals surface area contributed by atoms with Crippen LogP contribution >= 0.6 is 12.6 Å². The Morgan fingerprint density at radius 1 is 1.26 bits per heavy atom. The first-order valence-corrected chi connectivity index (χ1v) is 7.73. The van der Waals surface area contributed by atoms with Gasteiger partial charge in [-0.15, -0.1) is 0 Å². The molecule has 0 aromatic carbocycles. The highest BCUT2D eigenvalue weighted by atomic mass is 32.1. The molecule has 0 bridgehead atoms. The number of hydrogen-bond donors (Lipinski definition) is 1. The van der Waals surface area contributed by atoms with Crippen LogP contribution in [0.5, 0.6) is 0 Å². The Morgan fingerprint density at radius 3 is 2.21 bits per heavy atom. The fourth-order valence-electron chi connectivity index (χ4n) is 1.38. The molecule has 0 aromatic rings. The van der Waals surface area contributed by atoms with Gasteiger partial charge in [0.25, 0.3) is 0 Å². The van der Waals surface area contributed by atoms with Crippen LogP contribution < -0.4 is 0 Å². The topological polar surface area (TPSA) is 44.8 Å². The standard InChI is InChI=1S/C9H18O3S.C5H10O/c1-4-9(10)12-8(6-13)5-11-7(2)3;1-2-4-6-5-3-1/h7-8,13H,4-6H2,1-3H3;1-5H2. The number of thiol groups is 1. The van der Waals surface area contributed by atoms with E-state index in [4.69, 9.17) is 14.2 Å². The average molecular weight is 292 g/mol. The third kappa shape index (κ3) is 12.5. The van der Waals surface area contributed by atoms with Gasteiger partial charge >= 0.3 is 5.97 Å². The van der Waals surface area contributed by atoms with Gasteiger partial charge in [-0.3, -0.25) is 4.79 Å². The second-order valence-electron chi connectivity index (χ2n) is 4.70. The van der Waals surface area contributed by atoms with E-state index in [2.05, 4.69) is 12.6 Å². The number of carbonyl (C=O) groups is 1. The molecule has 1 saturated heterocycles. The smallest absolute Gasteiger partial charge is 0.305 e. The van der Waals surface area contributed by atoms with Crippen LogP contribution in [0, 0.1) is 0 Å². The van der Waals surface area contributed by atoms with Crippen LogP contribution in [0.1, 0.15) is 46.5 Å². The van der Waals surface area contributed by atoms with Gasteiger partial charge in [-0.05, 0) is 33.1 Å². The van der Waals surface area contributed by atoms with E-state index in [-0.39, 0.29) is 18.2 Å². The first-order valence-electron chi connectivity index (χ1n) is 7.09. The van der Waals surface area contributed by atoms with Crippen molar-refractivity contribution in [1.82, 2.24) is 0 Å². The molecule has 0 amide bonds. The predicted octanol–water partition coefficient (Wildman–Crippen LogP) is 2.85. The molecule has 114 valence electrons. The maximum absolute atomic E-state index is 10.9. The SMILES string of the molecule is C1CCOCC1.CCC(=O)OC(CS)COC(C)C. The van der Waals surface area contributed by atoms with Crippen molar-refractivity contribution in [3.63, 3.8) is 0 Å². The zero-order valence-corrected chi connectivity index (χ0v) is 13.3. The maximum Gasteiger partial charge on any atom is 0.305 e. The van der Waals surface area contributed by atoms with Gasteiger partial charge in [0.05, 0.1) is 12.7 Å². The number of rotatable bonds is 6. The molecular formula is C14H28O4S. The molecule has 1 heterocycles. The van der Waals surface area contributed by atoms with Gasteiger partial charge in [0.15, 0.2) is 0 Å². The van der Waals surface area contributed by atoms with E-state index < -0.39 is 0 Å². The molecule has 0 saturated carbocycles. The summed E-state index contributed by atoms with van der Waals surface area (Å²) in [7, 11) is 0. The Kier molecular flexibility index (Phi) is 12.6. The molecule has 1 aliphatic rings. The fraction of sp³-hybridized carbons (Fsp3) is 0.929. The van der Waals surface area contributed by atoms with Crippen LogP contribution in [0.4, 0.5) is 0 Å². The number of carbonyl (C=O) groups excluding carboxylic acids is 1. The molecule has 0 spiro atoms. The van der Waals surface area contributed by atoms with Crippen LogP contribution in [-0.4, -0.2) is 43.8 Å². The number of ether oxygens (including phenoxy) is 3. The van der Waals surface area contributed by atoms with Gasteiger partial charge in [0, 0.05) is 25.4 Å². The second-order valence-corrected chi connectivity index (χ2v) is 5.07. The van der Waals surface area contributed by atoms with Crippen molar-refractivity contribution in [2.45, 2.75) is 58.7 Å². The van der Waals surface area contributed by atoms with Crippen molar-refractivity contribution in [3.05, 3.63) is 0 Å². The summed E-state index contributed by atoms with van der Waals surface area (Å²) >= 11 is 4.07. The number of esters is 1. The Morgan fingerprint density at radius 2 is 1.89 bits per heavy atom. The molecule has 5 heteroatoms. The van der Waals surface area contributed by atoms with Gasteiger partial charge in [0.2, 0.25) is 0 Å². The van der Waals surface area contributed by atoms with Crippen molar-refractivity contribution in [2.75, 3.05) is 25.6 Å². The molecule has 1 unspecified atom stereocenters. The summed E-state index contributed by atoms with van der Waals surface area (Å²) in [4.78, 5) is 10.9. The van der Waals surface area contributed by atoms with Crippen LogP contribution in [0.15, 0.2) is 0 Å². The molecule has 0 radical (unpaired) electrons. The van der Waals surface area contributed by atoms with Crippen LogP contribution in [-0.2, 0) is 19.0 Å². The largest absolute Gasteiger partial charge is 0.459 e. The molecular weight excluding hydrogens is 264 g/mol. The third-order valence-corrected chi connectivity index (χ3v) is 2.89. The summed E-state index contributed by atoms with van der Waals surface area (Å²) in [6.45, 7) is 8.07. The summed E-state index contributed by atoms with van der Waals surface area (Å²) in [6, 6.07) is 0. The summed E-state index contributed by atoms with van der Waals surface area (Å²) in [5.74, 6) is 0.296. The first-order chi connectivity index (χ1) is 9.10. The van der Waals surface area contributed by atoms with Crippen molar-refractivity contribution in [2.24, 2.45) is 0 Å². The fourth-order valence-corrected chi connectivity index (χ4v) is 1.56. The first kappa shape index (κ1) is 18.7. The van der Waals surface area contributed by atoms with Crippen LogP contribution in [0.3, 0.4) is 0 Å².